The Kier molecular flexibility index (Phi) is 5.99. The van der Waals surface area contributed by atoms with Gasteiger partial charge in [0, 0.05) is 23.6 Å². The van der Waals surface area contributed by atoms with Crippen LogP contribution in [0.5, 0.6) is 0 Å². The lowest BCUT2D eigenvalue weighted by molar-refractivity contribution is 0.0928. The molecule has 3 aromatic carbocycles. The molecule has 0 atom stereocenters. The maximum atomic E-state index is 13.4. The number of nitrogens with two attached hydrogens (primary N) is 1. The van der Waals surface area contributed by atoms with Gasteiger partial charge in [-0.15, -0.1) is 0 Å². The highest BCUT2D eigenvalue weighted by Gasteiger charge is 2.47. The van der Waals surface area contributed by atoms with Crippen molar-refractivity contribution in [3.63, 3.8) is 0 Å². The predicted molar refractivity (Wildman–Crippen MR) is 147 cm³/mol. The lowest BCUT2D eigenvalue weighted by Gasteiger charge is -2.17. The van der Waals surface area contributed by atoms with Crippen molar-refractivity contribution in [2.45, 2.75) is 31.7 Å². The van der Waals surface area contributed by atoms with Crippen LogP contribution >= 0.6 is 0 Å². The second-order valence-corrected chi connectivity index (χ2v) is 10.1. The Hall–Kier alpha value is -4.78. The van der Waals surface area contributed by atoms with E-state index in [9.17, 15) is 14.0 Å². The maximum absolute atomic E-state index is 13.4. The summed E-state index contributed by atoms with van der Waals surface area (Å²) in [7, 11) is 0. The zero-order valence-electron chi connectivity index (χ0n) is 21.3. The molecular weight excluding hydrogens is 493 g/mol. The number of aryl methyl sites for hydroxylation is 1. The highest BCUT2D eigenvalue weighted by atomic mass is 19.1. The van der Waals surface area contributed by atoms with Gasteiger partial charge in [0.05, 0.1) is 16.8 Å². The molecule has 0 unspecified atom stereocenters. The Labute approximate surface area is 224 Å². The predicted octanol–water partition coefficient (Wildman–Crippen LogP) is 6.05. The molecule has 39 heavy (non-hydrogen) atoms. The number of furan rings is 1. The van der Waals surface area contributed by atoms with Crippen LogP contribution in [0.3, 0.4) is 0 Å². The van der Waals surface area contributed by atoms with Crippen LogP contribution in [0.2, 0.25) is 0 Å². The third-order valence-electron chi connectivity index (χ3n) is 7.35. The number of pyridine rings is 1. The van der Waals surface area contributed by atoms with Crippen LogP contribution in [0.25, 0.3) is 22.1 Å². The number of primary amides is 1. The maximum Gasteiger partial charge on any atom is 0.252 e. The first-order chi connectivity index (χ1) is 18.8. The van der Waals surface area contributed by atoms with E-state index >= 15 is 0 Å². The van der Waals surface area contributed by atoms with Crippen molar-refractivity contribution in [3.05, 3.63) is 125 Å². The van der Waals surface area contributed by atoms with Gasteiger partial charge in [0.15, 0.2) is 0 Å². The number of halogens is 1. The first-order valence-electron chi connectivity index (χ1n) is 12.8. The zero-order chi connectivity index (χ0) is 27.1. The van der Waals surface area contributed by atoms with E-state index < -0.39 is 11.4 Å². The molecule has 7 heteroatoms. The van der Waals surface area contributed by atoms with E-state index in [1.54, 1.807) is 24.4 Å². The van der Waals surface area contributed by atoms with Crippen LogP contribution in [-0.2, 0) is 12.0 Å². The molecule has 2 heterocycles. The van der Waals surface area contributed by atoms with Gasteiger partial charge in [-0.3, -0.25) is 14.6 Å². The number of rotatable bonds is 7. The molecule has 1 aliphatic carbocycles. The van der Waals surface area contributed by atoms with Crippen LogP contribution < -0.4 is 11.1 Å². The highest BCUT2D eigenvalue weighted by Crippen LogP contribution is 2.44. The quantitative estimate of drug-likeness (QED) is 0.273. The van der Waals surface area contributed by atoms with Gasteiger partial charge in [-0.1, -0.05) is 30.3 Å². The van der Waals surface area contributed by atoms with E-state index in [0.29, 0.717) is 34.3 Å². The van der Waals surface area contributed by atoms with Gasteiger partial charge in [0.1, 0.15) is 17.2 Å². The fourth-order valence-electron chi connectivity index (χ4n) is 5.08. The normalized spacial score (nSPS) is 13.8. The summed E-state index contributed by atoms with van der Waals surface area (Å²) in [6.07, 6.45) is 3.74. The summed E-state index contributed by atoms with van der Waals surface area (Å²) in [6.45, 7) is 1.97. The molecule has 6 nitrogen and oxygen atoms in total. The first-order valence-corrected chi connectivity index (χ1v) is 12.8. The Morgan fingerprint density at radius 1 is 1.03 bits per heavy atom. The molecular formula is C32H26FN3O3. The first kappa shape index (κ1) is 24.6. The molecule has 194 valence electrons. The molecule has 1 aliphatic rings. The van der Waals surface area contributed by atoms with Gasteiger partial charge in [-0.05, 0) is 90.6 Å². The number of nitrogens with zero attached hydrogens (tertiary/aromatic N) is 1. The monoisotopic (exact) mass is 519 g/mol. The summed E-state index contributed by atoms with van der Waals surface area (Å²) in [4.78, 5) is 30.2. The van der Waals surface area contributed by atoms with Gasteiger partial charge in [-0.2, -0.15) is 0 Å². The molecule has 0 radical (unpaired) electrons. The number of fused-ring (bicyclic) bond motifs is 1. The van der Waals surface area contributed by atoms with E-state index in [2.05, 4.69) is 10.3 Å². The number of benzene rings is 3. The number of aromatic nitrogens is 1. The van der Waals surface area contributed by atoms with Crippen LogP contribution in [0.15, 0.2) is 89.5 Å². The van der Waals surface area contributed by atoms with Gasteiger partial charge in [-0.25, -0.2) is 4.39 Å². The van der Waals surface area contributed by atoms with Crippen molar-refractivity contribution < 1.29 is 18.4 Å². The number of carbonyl (C=O) groups excluding carboxylic acids is 2. The molecule has 2 aromatic heterocycles. The minimum Gasteiger partial charge on any atom is -0.460 e. The number of hydrogen-bond donors (Lipinski definition) is 2. The van der Waals surface area contributed by atoms with Crippen LogP contribution in [0.1, 0.15) is 56.1 Å². The SMILES string of the molecule is Cc1ccc(C(=O)NC2(c3ccccn3)CC2)cc1-c1ccc2oc(Cc3ccc(F)cc3)c(C(N)=O)c2c1. The van der Waals surface area contributed by atoms with Crippen LogP contribution in [-0.4, -0.2) is 16.8 Å². The minimum atomic E-state index is -0.600. The van der Waals surface area contributed by atoms with E-state index in [0.717, 1.165) is 40.8 Å². The van der Waals surface area contributed by atoms with Crippen molar-refractivity contribution in [1.29, 1.82) is 0 Å². The second kappa shape index (κ2) is 9.51. The van der Waals surface area contributed by atoms with Gasteiger partial charge >= 0.3 is 0 Å². The third kappa shape index (κ3) is 4.68. The van der Waals surface area contributed by atoms with Crippen molar-refractivity contribution >= 4 is 22.8 Å². The van der Waals surface area contributed by atoms with Crippen LogP contribution in [0, 0.1) is 12.7 Å². The number of hydrogen-bond acceptors (Lipinski definition) is 4. The van der Waals surface area contributed by atoms with Crippen LogP contribution in [0.4, 0.5) is 4.39 Å². The number of carbonyl (C=O) groups is 2. The summed E-state index contributed by atoms with van der Waals surface area (Å²) in [5.74, 6) is -0.672. The molecule has 1 fully saturated rings. The zero-order valence-corrected chi connectivity index (χ0v) is 21.3. The summed E-state index contributed by atoms with van der Waals surface area (Å²) in [6, 6.07) is 22.9. The Morgan fingerprint density at radius 2 is 1.82 bits per heavy atom. The van der Waals surface area contributed by atoms with E-state index in [-0.39, 0.29) is 11.7 Å². The second-order valence-electron chi connectivity index (χ2n) is 10.1. The summed E-state index contributed by atoms with van der Waals surface area (Å²) in [5, 5.41) is 3.78. The third-order valence-corrected chi connectivity index (χ3v) is 7.35. The lowest BCUT2D eigenvalue weighted by atomic mass is 9.95. The Bertz CT molecular complexity index is 1720. The molecule has 3 N–H and O–H groups in total. The Balaban J connectivity index is 1.34. The molecule has 0 aliphatic heterocycles. The molecule has 6 rings (SSSR count). The molecule has 5 aromatic rings. The topological polar surface area (TPSA) is 98.2 Å². The van der Waals surface area contributed by atoms with Crippen molar-refractivity contribution in [1.82, 2.24) is 10.3 Å². The molecule has 0 saturated heterocycles. The van der Waals surface area contributed by atoms with E-state index in [1.807, 2.05) is 55.5 Å². The molecule has 2 amide bonds. The summed E-state index contributed by atoms with van der Waals surface area (Å²) in [5.41, 5.74) is 11.1. The Morgan fingerprint density at radius 3 is 2.51 bits per heavy atom. The molecule has 0 bridgehead atoms. The largest absolute Gasteiger partial charge is 0.460 e. The lowest BCUT2D eigenvalue weighted by Crippen LogP contribution is -2.35. The standard InChI is InChI=1S/C32H26FN3O3/c1-19-5-8-22(31(38)36-32(13-14-32)28-4-2-3-15-35-28)18-24(19)21-9-12-26-25(17-21)29(30(34)37)27(39-26)16-20-6-10-23(33)11-7-20/h2-12,15,17-18H,13-14,16H2,1H3,(H2,34,37)(H,36,38). The number of amides is 2. The summed E-state index contributed by atoms with van der Waals surface area (Å²) < 4.78 is 19.4. The highest BCUT2D eigenvalue weighted by molar-refractivity contribution is 6.07. The number of nitrogens with one attached hydrogen (secondary N) is 1. The smallest absolute Gasteiger partial charge is 0.252 e. The van der Waals surface area contributed by atoms with Crippen molar-refractivity contribution in [2.75, 3.05) is 0 Å². The van der Waals surface area contributed by atoms with Gasteiger partial charge < -0.3 is 15.5 Å². The minimum absolute atomic E-state index is 0.164. The van der Waals surface area contributed by atoms with Crippen molar-refractivity contribution in [2.24, 2.45) is 5.73 Å². The van der Waals surface area contributed by atoms with Gasteiger partial charge in [0.25, 0.3) is 11.8 Å². The van der Waals surface area contributed by atoms with E-state index in [4.69, 9.17) is 10.2 Å². The van der Waals surface area contributed by atoms with Crippen molar-refractivity contribution in [3.8, 4) is 11.1 Å². The van der Waals surface area contributed by atoms with E-state index in [1.165, 1.54) is 12.1 Å². The summed E-state index contributed by atoms with van der Waals surface area (Å²) >= 11 is 0. The molecule has 1 saturated carbocycles. The fourth-order valence-corrected chi connectivity index (χ4v) is 5.08. The average molecular weight is 520 g/mol. The fraction of sp³-hybridized carbons (Fsp3) is 0.156. The van der Waals surface area contributed by atoms with Gasteiger partial charge in [0.2, 0.25) is 0 Å². The molecule has 0 spiro atoms. The average Bonchev–Trinajstić information content (AvgIpc) is 3.62.